The molecule has 0 saturated heterocycles. The lowest BCUT2D eigenvalue weighted by Crippen LogP contribution is -2.47. The Kier molecular flexibility index (Phi) is 21.3. The van der Waals surface area contributed by atoms with Gasteiger partial charge >= 0.3 is 0 Å². The van der Waals surface area contributed by atoms with Crippen LogP contribution in [0.4, 0.5) is 11.4 Å². The Balaban J connectivity index is 1.51. The van der Waals surface area contributed by atoms with E-state index in [4.69, 9.17) is 9.73 Å². The average molecular weight is 883 g/mol. The van der Waals surface area contributed by atoms with Crippen molar-refractivity contribution < 1.29 is 31.2 Å². The van der Waals surface area contributed by atoms with Crippen molar-refractivity contribution in [3.05, 3.63) is 66.5 Å². The zero-order chi connectivity index (χ0) is 43.9. The van der Waals surface area contributed by atoms with E-state index in [9.17, 15) is 26.4 Å². The molecule has 0 radical (unpaired) electrons. The van der Waals surface area contributed by atoms with Crippen molar-refractivity contribution in [2.45, 2.75) is 166 Å². The SMILES string of the molecule is CCCCCCCCCCCCCCOc1ccccc1NC(=O)C(C1=Nc2ccccc2S(=O)(=O)N1CCCCCCCCCCCC)n1cc(C(=O)NS(C)(=O)=O)cn1. The molecule has 15 heteroatoms. The van der Waals surface area contributed by atoms with Gasteiger partial charge in [0, 0.05) is 12.7 Å². The maximum atomic E-state index is 14.6. The Morgan fingerprint density at radius 1 is 0.721 bits per heavy atom. The van der Waals surface area contributed by atoms with Gasteiger partial charge < -0.3 is 10.1 Å². The standard InChI is InChI=1S/C46H70N6O7S2/c1-4-6-8-10-12-14-16-17-19-21-23-29-35-59-41-32-26-24-30-39(41)49-46(54)43(51-37-38(36-47-51)45(53)50-60(3,55)56)44-48-40-31-25-27-33-42(40)61(57,58)52(44)34-28-22-20-18-15-13-11-9-7-5-2/h24-27,30-33,36-37,43H,4-23,28-29,34-35H2,1-3H3,(H,49,54)(H,50,53). The molecule has 1 aromatic heterocycles. The van der Waals surface area contributed by atoms with E-state index in [0.29, 0.717) is 24.5 Å². The Morgan fingerprint density at radius 2 is 1.25 bits per heavy atom. The van der Waals surface area contributed by atoms with Gasteiger partial charge in [-0.3, -0.25) is 18.6 Å². The van der Waals surface area contributed by atoms with Crippen LogP contribution in [0.25, 0.3) is 0 Å². The summed E-state index contributed by atoms with van der Waals surface area (Å²) in [5.41, 5.74) is 0.401. The number of amides is 2. The number of nitrogens with zero attached hydrogens (tertiary/aromatic N) is 4. The van der Waals surface area contributed by atoms with Crippen LogP contribution >= 0.6 is 0 Å². The highest BCUT2D eigenvalue weighted by atomic mass is 32.2. The molecule has 1 atom stereocenters. The van der Waals surface area contributed by atoms with Gasteiger partial charge in [0.2, 0.25) is 10.0 Å². The minimum atomic E-state index is -4.18. The number of rotatable bonds is 31. The molecule has 2 heterocycles. The maximum Gasteiger partial charge on any atom is 0.267 e. The molecule has 0 saturated carbocycles. The maximum absolute atomic E-state index is 14.6. The van der Waals surface area contributed by atoms with Crippen LogP contribution in [0.15, 0.2) is 70.8 Å². The van der Waals surface area contributed by atoms with Gasteiger partial charge in [0.25, 0.3) is 21.8 Å². The van der Waals surface area contributed by atoms with Crippen LogP contribution in [0.3, 0.4) is 0 Å². The van der Waals surface area contributed by atoms with Crippen molar-refractivity contribution in [3.8, 4) is 5.75 Å². The summed E-state index contributed by atoms with van der Waals surface area (Å²) >= 11 is 0. The lowest BCUT2D eigenvalue weighted by Gasteiger charge is -2.33. The quantitative estimate of drug-likeness (QED) is 0.0602. The van der Waals surface area contributed by atoms with E-state index >= 15 is 0 Å². The Labute approximate surface area is 365 Å². The normalized spacial score (nSPS) is 14.0. The van der Waals surface area contributed by atoms with Crippen molar-refractivity contribution in [2.75, 3.05) is 24.7 Å². The summed E-state index contributed by atoms with van der Waals surface area (Å²) in [4.78, 5) is 32.4. The molecule has 4 rings (SSSR count). The van der Waals surface area contributed by atoms with E-state index in [2.05, 4.69) is 24.3 Å². The van der Waals surface area contributed by atoms with Crippen molar-refractivity contribution in [1.82, 2.24) is 18.8 Å². The topological polar surface area (TPSA) is 169 Å². The zero-order valence-electron chi connectivity index (χ0n) is 36.8. The summed E-state index contributed by atoms with van der Waals surface area (Å²) in [6, 6.07) is 11.9. The minimum Gasteiger partial charge on any atom is -0.491 e. The first kappa shape index (κ1) is 49.4. The molecule has 3 aromatic rings. The van der Waals surface area contributed by atoms with Gasteiger partial charge in [0.15, 0.2) is 11.9 Å². The molecule has 1 aliphatic heterocycles. The van der Waals surface area contributed by atoms with Crippen LogP contribution in [0.5, 0.6) is 5.75 Å². The fourth-order valence-corrected chi connectivity index (χ4v) is 9.64. The predicted octanol–water partition coefficient (Wildman–Crippen LogP) is 10.5. The van der Waals surface area contributed by atoms with Gasteiger partial charge in [0.05, 0.1) is 36.0 Å². The number of hydrogen-bond acceptors (Lipinski definition) is 9. The van der Waals surface area contributed by atoms with E-state index in [0.717, 1.165) is 62.1 Å². The number of nitrogens with one attached hydrogen (secondary N) is 2. The summed E-state index contributed by atoms with van der Waals surface area (Å²) in [5.74, 6) is -1.27. The summed E-state index contributed by atoms with van der Waals surface area (Å²) in [7, 11) is -8.09. The lowest BCUT2D eigenvalue weighted by atomic mass is 10.1. The monoisotopic (exact) mass is 882 g/mol. The molecule has 0 fully saturated rings. The zero-order valence-corrected chi connectivity index (χ0v) is 38.4. The summed E-state index contributed by atoms with van der Waals surface area (Å²) in [6.07, 6.45) is 28.5. The van der Waals surface area contributed by atoms with E-state index in [1.807, 2.05) is 10.8 Å². The molecular weight excluding hydrogens is 813 g/mol. The number of unbranched alkanes of at least 4 members (excludes halogenated alkanes) is 20. The predicted molar refractivity (Wildman–Crippen MR) is 244 cm³/mol. The second-order valence-corrected chi connectivity index (χ2v) is 19.8. The number of anilines is 1. The number of ether oxygens (including phenoxy) is 1. The fraction of sp³-hybridized carbons (Fsp3) is 0.609. The molecular formula is C46H70N6O7S2. The molecule has 0 bridgehead atoms. The van der Waals surface area contributed by atoms with Crippen LogP contribution in [-0.2, 0) is 24.8 Å². The number of sulfonamides is 2. The van der Waals surface area contributed by atoms with Gasteiger partial charge in [-0.05, 0) is 37.1 Å². The van der Waals surface area contributed by atoms with E-state index < -0.39 is 37.9 Å². The minimum absolute atomic E-state index is 0.0234. The van der Waals surface area contributed by atoms with E-state index in [1.165, 1.54) is 106 Å². The van der Waals surface area contributed by atoms with Gasteiger partial charge in [-0.15, -0.1) is 0 Å². The first-order valence-corrected chi connectivity index (χ1v) is 26.1. The number of carbonyl (C=O) groups excluding carboxylic acids is 2. The molecule has 13 nitrogen and oxygen atoms in total. The van der Waals surface area contributed by atoms with Crippen molar-refractivity contribution in [2.24, 2.45) is 4.99 Å². The van der Waals surface area contributed by atoms with Crippen LogP contribution in [-0.4, -0.2) is 68.0 Å². The van der Waals surface area contributed by atoms with Gasteiger partial charge in [-0.25, -0.2) is 26.6 Å². The van der Waals surface area contributed by atoms with Crippen molar-refractivity contribution in [1.29, 1.82) is 0 Å². The number of aromatic nitrogens is 2. The molecule has 0 spiro atoms. The number of para-hydroxylation sites is 3. The van der Waals surface area contributed by atoms with E-state index in [1.54, 1.807) is 36.4 Å². The number of carbonyl (C=O) groups is 2. The Morgan fingerprint density at radius 3 is 1.84 bits per heavy atom. The fourth-order valence-electron chi connectivity index (χ4n) is 7.57. The lowest BCUT2D eigenvalue weighted by molar-refractivity contribution is -0.117. The number of fused-ring (bicyclic) bond motifs is 1. The largest absolute Gasteiger partial charge is 0.491 e. The molecule has 2 amide bonds. The number of aliphatic imine (C=N–C) groups is 1. The van der Waals surface area contributed by atoms with Crippen LogP contribution in [0.1, 0.15) is 172 Å². The highest BCUT2D eigenvalue weighted by Gasteiger charge is 2.41. The molecule has 2 N–H and O–H groups in total. The van der Waals surface area contributed by atoms with E-state index in [-0.39, 0.29) is 28.5 Å². The molecule has 1 unspecified atom stereocenters. The molecule has 61 heavy (non-hydrogen) atoms. The first-order valence-electron chi connectivity index (χ1n) is 22.8. The highest BCUT2D eigenvalue weighted by molar-refractivity contribution is 7.90. The third-order valence-corrected chi connectivity index (χ3v) is 13.3. The number of amidine groups is 1. The van der Waals surface area contributed by atoms with Gasteiger partial charge in [0.1, 0.15) is 10.6 Å². The Bertz CT molecular complexity index is 2050. The van der Waals surface area contributed by atoms with Gasteiger partial charge in [-0.2, -0.15) is 5.10 Å². The number of benzene rings is 2. The van der Waals surface area contributed by atoms with Crippen LogP contribution in [0, 0.1) is 0 Å². The summed E-state index contributed by atoms with van der Waals surface area (Å²) < 4.78 is 63.0. The van der Waals surface area contributed by atoms with Gasteiger partial charge in [-0.1, -0.05) is 167 Å². The third-order valence-electron chi connectivity index (χ3n) is 10.9. The second kappa shape index (κ2) is 26.3. The second-order valence-electron chi connectivity index (χ2n) is 16.2. The highest BCUT2D eigenvalue weighted by Crippen LogP contribution is 2.36. The molecule has 1 aliphatic rings. The average Bonchev–Trinajstić information content (AvgIpc) is 3.71. The smallest absolute Gasteiger partial charge is 0.267 e. The molecule has 338 valence electrons. The van der Waals surface area contributed by atoms with Crippen LogP contribution in [0.2, 0.25) is 0 Å². The first-order chi connectivity index (χ1) is 29.5. The van der Waals surface area contributed by atoms with Crippen molar-refractivity contribution >= 4 is 49.1 Å². The summed E-state index contributed by atoms with van der Waals surface area (Å²) in [5, 5.41) is 7.24. The summed E-state index contributed by atoms with van der Waals surface area (Å²) in [6.45, 7) is 4.97. The third kappa shape index (κ3) is 16.5. The van der Waals surface area contributed by atoms with Crippen LogP contribution < -0.4 is 14.8 Å². The Hall–Kier alpha value is -4.24. The number of hydrogen-bond donors (Lipinski definition) is 2. The molecule has 2 aromatic carbocycles. The molecule has 0 aliphatic carbocycles. The van der Waals surface area contributed by atoms with Crippen molar-refractivity contribution in [3.63, 3.8) is 0 Å².